The molecule has 0 aromatic carbocycles. The smallest absolute Gasteiger partial charge is 0.328 e. The van der Waals surface area contributed by atoms with Crippen LogP contribution in [0.15, 0.2) is 0 Å². The van der Waals surface area contributed by atoms with Crippen molar-refractivity contribution in [3.8, 4) is 0 Å². The molecule has 10 heteroatoms. The van der Waals surface area contributed by atoms with E-state index < -0.39 is 15.2 Å². The van der Waals surface area contributed by atoms with Crippen molar-refractivity contribution in [2.75, 3.05) is 52.0 Å². The van der Waals surface area contributed by atoms with Gasteiger partial charge in [-0.1, -0.05) is 0 Å². The van der Waals surface area contributed by atoms with E-state index >= 15 is 0 Å². The molecule has 0 aromatic heterocycles. The van der Waals surface area contributed by atoms with Crippen LogP contribution in [0.5, 0.6) is 0 Å². The van der Waals surface area contributed by atoms with E-state index in [1.807, 2.05) is 0 Å². The molecule has 2 N–H and O–H groups in total. The Balaban J connectivity index is 3.27. The van der Waals surface area contributed by atoms with Crippen LogP contribution in [0.2, 0.25) is 0 Å². The summed E-state index contributed by atoms with van der Waals surface area (Å²) in [6, 6.07) is 0. The lowest BCUT2D eigenvalue weighted by Gasteiger charge is -2.10. The molecule has 0 fully saturated rings. The maximum absolute atomic E-state index is 11.4. The van der Waals surface area contributed by atoms with Gasteiger partial charge >= 0.3 is 15.2 Å². The van der Waals surface area contributed by atoms with Gasteiger partial charge in [0.2, 0.25) is 0 Å². The highest BCUT2D eigenvalue weighted by atomic mass is 31.2. The summed E-state index contributed by atoms with van der Waals surface area (Å²) in [5, 5.41) is 0. The molecule has 0 aliphatic carbocycles. The summed E-state index contributed by atoms with van der Waals surface area (Å²) < 4.78 is 43.4. The van der Waals surface area contributed by atoms with E-state index in [0.29, 0.717) is 39.3 Å². The first-order chi connectivity index (χ1) is 12.3. The Morgan fingerprint density at radius 1 is 0.615 bits per heavy atom. The summed E-state index contributed by atoms with van der Waals surface area (Å²) in [4.78, 5) is 18.8. The van der Waals surface area contributed by atoms with E-state index in [2.05, 4.69) is 0 Å². The Kier molecular flexibility index (Phi) is 16.3. The average molecular weight is 418 g/mol. The minimum absolute atomic E-state index is 0.175. The predicted molar refractivity (Wildman–Crippen MR) is 102 cm³/mol. The van der Waals surface area contributed by atoms with E-state index in [1.54, 1.807) is 13.8 Å². The number of ether oxygens (including phenoxy) is 2. The fourth-order valence-corrected chi connectivity index (χ4v) is 4.49. The molecule has 0 radical (unpaired) electrons. The van der Waals surface area contributed by atoms with Crippen molar-refractivity contribution >= 4 is 15.2 Å². The van der Waals surface area contributed by atoms with Crippen LogP contribution in [-0.2, 0) is 27.7 Å². The molecule has 0 aliphatic heterocycles. The minimum Gasteiger partial charge on any atom is -0.381 e. The second-order valence-electron chi connectivity index (χ2n) is 5.90. The fraction of sp³-hybridized carbons (Fsp3) is 1.00. The lowest BCUT2D eigenvalue weighted by atomic mass is 10.3. The van der Waals surface area contributed by atoms with Crippen molar-refractivity contribution in [3.63, 3.8) is 0 Å². The van der Waals surface area contributed by atoms with Gasteiger partial charge in [0.25, 0.3) is 0 Å². The fourth-order valence-electron chi connectivity index (χ4n) is 2.18. The standard InChI is InChI=1S/C16H36O8P2/c1-3-23-25(17,18)15-9-7-13-21-11-5-6-12-22-14-8-10-16-26(19,20)24-4-2/h3-16H2,1-2H3,(H,17,18)(H,19,20). The summed E-state index contributed by atoms with van der Waals surface area (Å²) in [7, 11) is -6.79. The van der Waals surface area contributed by atoms with Crippen molar-refractivity contribution in [2.24, 2.45) is 0 Å². The van der Waals surface area contributed by atoms with Gasteiger partial charge in [-0.15, -0.1) is 0 Å². The van der Waals surface area contributed by atoms with E-state index in [4.69, 9.17) is 18.5 Å². The highest BCUT2D eigenvalue weighted by Gasteiger charge is 2.17. The molecule has 0 saturated carbocycles. The molecule has 0 aliphatic rings. The molecule has 0 heterocycles. The average Bonchev–Trinajstić information content (AvgIpc) is 2.55. The van der Waals surface area contributed by atoms with Crippen molar-refractivity contribution in [3.05, 3.63) is 0 Å². The number of hydrogen-bond acceptors (Lipinski definition) is 6. The van der Waals surface area contributed by atoms with Gasteiger partial charge < -0.3 is 28.3 Å². The zero-order chi connectivity index (χ0) is 19.7. The van der Waals surface area contributed by atoms with Gasteiger partial charge in [-0.2, -0.15) is 0 Å². The van der Waals surface area contributed by atoms with Crippen LogP contribution in [0, 0.1) is 0 Å². The second-order valence-corrected chi connectivity index (χ2v) is 9.86. The van der Waals surface area contributed by atoms with Gasteiger partial charge in [0.05, 0.1) is 25.5 Å². The van der Waals surface area contributed by atoms with Gasteiger partial charge in [0.1, 0.15) is 0 Å². The van der Waals surface area contributed by atoms with Crippen LogP contribution in [0.25, 0.3) is 0 Å². The molecule has 0 saturated heterocycles. The van der Waals surface area contributed by atoms with Crippen molar-refractivity contribution in [1.29, 1.82) is 0 Å². The Morgan fingerprint density at radius 3 is 1.23 bits per heavy atom. The Labute approximate surface area is 157 Å². The van der Waals surface area contributed by atoms with E-state index in [0.717, 1.165) is 25.7 Å². The molecule has 158 valence electrons. The molecule has 8 nitrogen and oxygen atoms in total. The molecular formula is C16H36O8P2. The molecule has 0 amide bonds. The third-order valence-electron chi connectivity index (χ3n) is 3.45. The van der Waals surface area contributed by atoms with E-state index in [-0.39, 0.29) is 25.5 Å². The van der Waals surface area contributed by atoms with Crippen LogP contribution in [0.3, 0.4) is 0 Å². The highest BCUT2D eigenvalue weighted by Crippen LogP contribution is 2.42. The second kappa shape index (κ2) is 16.2. The van der Waals surface area contributed by atoms with Gasteiger partial charge in [-0.05, 0) is 52.4 Å². The minimum atomic E-state index is -3.40. The van der Waals surface area contributed by atoms with Crippen LogP contribution >= 0.6 is 15.2 Å². The van der Waals surface area contributed by atoms with Crippen LogP contribution in [-0.4, -0.2) is 61.8 Å². The summed E-state index contributed by atoms with van der Waals surface area (Å²) in [5.74, 6) is 0. The third-order valence-corrected chi connectivity index (χ3v) is 6.53. The van der Waals surface area contributed by atoms with E-state index in [9.17, 15) is 18.9 Å². The summed E-state index contributed by atoms with van der Waals surface area (Å²) in [6.45, 7) is 6.35. The Morgan fingerprint density at radius 2 is 0.923 bits per heavy atom. The monoisotopic (exact) mass is 418 g/mol. The van der Waals surface area contributed by atoms with Crippen LogP contribution < -0.4 is 0 Å². The molecular weight excluding hydrogens is 382 g/mol. The van der Waals surface area contributed by atoms with E-state index in [1.165, 1.54) is 0 Å². The zero-order valence-electron chi connectivity index (χ0n) is 16.1. The van der Waals surface area contributed by atoms with Gasteiger partial charge in [0, 0.05) is 26.4 Å². The molecule has 0 bridgehead atoms. The quantitative estimate of drug-likeness (QED) is 0.241. The molecule has 2 unspecified atom stereocenters. The molecule has 0 spiro atoms. The Hall–Kier alpha value is 0.220. The molecule has 0 rings (SSSR count). The summed E-state index contributed by atoms with van der Waals surface area (Å²) in [5.41, 5.74) is 0. The van der Waals surface area contributed by atoms with Gasteiger partial charge in [-0.25, -0.2) is 0 Å². The normalized spacial score (nSPS) is 16.3. The predicted octanol–water partition coefficient (Wildman–Crippen LogP) is 3.80. The molecule has 26 heavy (non-hydrogen) atoms. The first-order valence-corrected chi connectivity index (χ1v) is 12.9. The largest absolute Gasteiger partial charge is 0.381 e. The third kappa shape index (κ3) is 17.6. The highest BCUT2D eigenvalue weighted by molar-refractivity contribution is 7.53. The number of rotatable bonds is 19. The SMILES string of the molecule is CCOP(=O)(O)CCCCOCCCCOCCCCP(=O)(O)OCC. The number of hydrogen-bond donors (Lipinski definition) is 2. The Bertz CT molecular complexity index is 381. The zero-order valence-corrected chi connectivity index (χ0v) is 17.9. The lowest BCUT2D eigenvalue weighted by molar-refractivity contribution is 0.100. The van der Waals surface area contributed by atoms with Crippen LogP contribution in [0.4, 0.5) is 0 Å². The van der Waals surface area contributed by atoms with Crippen molar-refractivity contribution in [2.45, 2.75) is 52.4 Å². The summed E-state index contributed by atoms with van der Waals surface area (Å²) >= 11 is 0. The number of unbranched alkanes of at least 4 members (excludes halogenated alkanes) is 3. The topological polar surface area (TPSA) is 112 Å². The summed E-state index contributed by atoms with van der Waals surface area (Å²) in [6.07, 6.45) is 4.85. The van der Waals surface area contributed by atoms with Gasteiger partial charge in [-0.3, -0.25) is 9.13 Å². The van der Waals surface area contributed by atoms with Crippen molar-refractivity contribution in [1.82, 2.24) is 0 Å². The maximum atomic E-state index is 11.4. The van der Waals surface area contributed by atoms with Gasteiger partial charge in [0.15, 0.2) is 0 Å². The lowest BCUT2D eigenvalue weighted by Crippen LogP contribution is -2.03. The first kappa shape index (κ1) is 26.2. The molecule has 2 atom stereocenters. The van der Waals surface area contributed by atoms with Crippen molar-refractivity contribution < 1.29 is 37.4 Å². The molecule has 0 aromatic rings. The maximum Gasteiger partial charge on any atom is 0.328 e. The first-order valence-electron chi connectivity index (χ1n) is 9.41. The van der Waals surface area contributed by atoms with Crippen LogP contribution in [0.1, 0.15) is 52.4 Å².